The SMILES string of the molecule is Cc1cnc(N)c(C(=O)O)c1C. The normalized spacial score (nSPS) is 9.83. The zero-order valence-electron chi connectivity index (χ0n) is 6.96. The van der Waals surface area contributed by atoms with Crippen LogP contribution in [0.1, 0.15) is 21.5 Å². The van der Waals surface area contributed by atoms with Gasteiger partial charge in [-0.2, -0.15) is 0 Å². The van der Waals surface area contributed by atoms with Gasteiger partial charge < -0.3 is 10.8 Å². The van der Waals surface area contributed by atoms with E-state index in [1.807, 2.05) is 0 Å². The number of carboxylic acids is 1. The zero-order chi connectivity index (χ0) is 9.30. The molecule has 0 saturated carbocycles. The van der Waals surface area contributed by atoms with Gasteiger partial charge in [0.1, 0.15) is 11.4 Å². The highest BCUT2D eigenvalue weighted by Gasteiger charge is 2.13. The van der Waals surface area contributed by atoms with Crippen molar-refractivity contribution < 1.29 is 9.90 Å². The molecule has 0 aromatic carbocycles. The molecular formula is C8H10N2O2. The molecule has 0 radical (unpaired) electrons. The molecule has 1 heterocycles. The maximum atomic E-state index is 10.7. The molecule has 1 aromatic rings. The number of aromatic carboxylic acids is 1. The van der Waals surface area contributed by atoms with Crippen molar-refractivity contribution in [1.29, 1.82) is 0 Å². The van der Waals surface area contributed by atoms with Gasteiger partial charge in [0.05, 0.1) is 0 Å². The molecular weight excluding hydrogens is 156 g/mol. The van der Waals surface area contributed by atoms with Crippen molar-refractivity contribution in [2.75, 3.05) is 5.73 Å². The van der Waals surface area contributed by atoms with Crippen molar-refractivity contribution in [2.24, 2.45) is 0 Å². The van der Waals surface area contributed by atoms with Gasteiger partial charge in [0.25, 0.3) is 0 Å². The van der Waals surface area contributed by atoms with Gasteiger partial charge in [0.15, 0.2) is 0 Å². The van der Waals surface area contributed by atoms with E-state index in [0.29, 0.717) is 5.56 Å². The van der Waals surface area contributed by atoms with Crippen molar-refractivity contribution in [2.45, 2.75) is 13.8 Å². The predicted molar refractivity (Wildman–Crippen MR) is 45.1 cm³/mol. The van der Waals surface area contributed by atoms with Crippen LogP contribution in [0.3, 0.4) is 0 Å². The number of carbonyl (C=O) groups is 1. The van der Waals surface area contributed by atoms with Gasteiger partial charge in [0, 0.05) is 6.20 Å². The largest absolute Gasteiger partial charge is 0.478 e. The first kappa shape index (κ1) is 8.52. The second-order valence-electron chi connectivity index (χ2n) is 2.63. The van der Waals surface area contributed by atoms with E-state index in [4.69, 9.17) is 10.8 Å². The summed E-state index contributed by atoms with van der Waals surface area (Å²) >= 11 is 0. The number of hydrogen-bond donors (Lipinski definition) is 2. The van der Waals surface area contributed by atoms with Gasteiger partial charge >= 0.3 is 5.97 Å². The molecule has 1 rings (SSSR count). The van der Waals surface area contributed by atoms with Crippen LogP contribution in [0.5, 0.6) is 0 Å². The van der Waals surface area contributed by atoms with E-state index in [2.05, 4.69) is 4.98 Å². The van der Waals surface area contributed by atoms with Crippen LogP contribution in [0.2, 0.25) is 0 Å². The highest BCUT2D eigenvalue weighted by Crippen LogP contribution is 2.16. The lowest BCUT2D eigenvalue weighted by molar-refractivity contribution is 0.0697. The van der Waals surface area contributed by atoms with Crippen LogP contribution in [-0.4, -0.2) is 16.1 Å². The summed E-state index contributed by atoms with van der Waals surface area (Å²) < 4.78 is 0. The average molecular weight is 166 g/mol. The minimum absolute atomic E-state index is 0.0746. The van der Waals surface area contributed by atoms with Gasteiger partial charge in [0.2, 0.25) is 0 Å². The summed E-state index contributed by atoms with van der Waals surface area (Å²) in [7, 11) is 0. The molecule has 0 atom stereocenters. The molecule has 0 aliphatic heterocycles. The number of aromatic nitrogens is 1. The second kappa shape index (κ2) is 2.81. The quantitative estimate of drug-likeness (QED) is 0.652. The van der Waals surface area contributed by atoms with Crippen LogP contribution >= 0.6 is 0 Å². The van der Waals surface area contributed by atoms with Gasteiger partial charge in [-0.1, -0.05) is 0 Å². The van der Waals surface area contributed by atoms with Crippen molar-refractivity contribution in [3.8, 4) is 0 Å². The number of pyridine rings is 1. The fourth-order valence-electron chi connectivity index (χ4n) is 0.987. The molecule has 0 aliphatic carbocycles. The third-order valence-electron chi connectivity index (χ3n) is 1.83. The highest BCUT2D eigenvalue weighted by molar-refractivity contribution is 5.94. The first-order chi connectivity index (χ1) is 5.54. The number of rotatable bonds is 1. The summed E-state index contributed by atoms with van der Waals surface area (Å²) in [6.07, 6.45) is 1.57. The molecule has 0 unspecified atom stereocenters. The minimum atomic E-state index is -1.03. The maximum Gasteiger partial charge on any atom is 0.339 e. The molecule has 1 aromatic heterocycles. The first-order valence-electron chi connectivity index (χ1n) is 3.49. The summed E-state index contributed by atoms with van der Waals surface area (Å²) in [5.41, 5.74) is 7.02. The molecule has 0 bridgehead atoms. The standard InChI is InChI=1S/C8H10N2O2/c1-4-3-10-7(9)6(5(4)2)8(11)12/h3H,1-2H3,(H2,9,10)(H,11,12). The molecule has 64 valence electrons. The Morgan fingerprint density at radius 2 is 2.17 bits per heavy atom. The van der Waals surface area contributed by atoms with Crippen LogP contribution in [-0.2, 0) is 0 Å². The van der Waals surface area contributed by atoms with Crippen LogP contribution in [0, 0.1) is 13.8 Å². The molecule has 4 heteroatoms. The van der Waals surface area contributed by atoms with Crippen molar-refractivity contribution >= 4 is 11.8 Å². The van der Waals surface area contributed by atoms with E-state index in [-0.39, 0.29) is 11.4 Å². The third-order valence-corrected chi connectivity index (χ3v) is 1.83. The summed E-state index contributed by atoms with van der Waals surface area (Å²) in [6.45, 7) is 3.52. The molecule has 3 N–H and O–H groups in total. The Labute approximate surface area is 70.0 Å². The van der Waals surface area contributed by atoms with E-state index in [1.165, 1.54) is 0 Å². The van der Waals surface area contributed by atoms with E-state index < -0.39 is 5.97 Å². The Balaban J connectivity index is 3.43. The molecule has 0 spiro atoms. The Morgan fingerprint density at radius 3 is 2.58 bits per heavy atom. The number of anilines is 1. The number of aryl methyl sites for hydroxylation is 1. The summed E-state index contributed by atoms with van der Waals surface area (Å²) in [5, 5.41) is 8.75. The Hall–Kier alpha value is -1.58. The second-order valence-corrected chi connectivity index (χ2v) is 2.63. The maximum absolute atomic E-state index is 10.7. The lowest BCUT2D eigenvalue weighted by Crippen LogP contribution is -2.08. The minimum Gasteiger partial charge on any atom is -0.478 e. The van der Waals surface area contributed by atoms with Crippen LogP contribution < -0.4 is 5.73 Å². The monoisotopic (exact) mass is 166 g/mol. The van der Waals surface area contributed by atoms with E-state index in [1.54, 1.807) is 20.0 Å². The molecule has 0 fully saturated rings. The zero-order valence-corrected chi connectivity index (χ0v) is 6.96. The van der Waals surface area contributed by atoms with Crippen molar-refractivity contribution in [1.82, 2.24) is 4.98 Å². The number of hydrogen-bond acceptors (Lipinski definition) is 3. The number of nitrogen functional groups attached to an aromatic ring is 1. The lowest BCUT2D eigenvalue weighted by Gasteiger charge is -2.05. The molecule has 12 heavy (non-hydrogen) atoms. The lowest BCUT2D eigenvalue weighted by atomic mass is 10.1. The number of nitrogens with two attached hydrogens (primary N) is 1. The van der Waals surface area contributed by atoms with Gasteiger partial charge in [-0.05, 0) is 25.0 Å². The van der Waals surface area contributed by atoms with E-state index in [0.717, 1.165) is 5.56 Å². The summed E-state index contributed by atoms with van der Waals surface area (Å²) in [5.74, 6) is -0.952. The van der Waals surface area contributed by atoms with Gasteiger partial charge in [-0.25, -0.2) is 9.78 Å². The van der Waals surface area contributed by atoms with Crippen LogP contribution in [0.15, 0.2) is 6.20 Å². The van der Waals surface area contributed by atoms with Gasteiger partial charge in [-0.3, -0.25) is 0 Å². The molecule has 0 amide bonds. The smallest absolute Gasteiger partial charge is 0.339 e. The third kappa shape index (κ3) is 1.23. The Morgan fingerprint density at radius 1 is 1.58 bits per heavy atom. The first-order valence-corrected chi connectivity index (χ1v) is 3.49. The topological polar surface area (TPSA) is 76.2 Å². The Kier molecular flexibility index (Phi) is 1.99. The van der Waals surface area contributed by atoms with Gasteiger partial charge in [-0.15, -0.1) is 0 Å². The Bertz CT molecular complexity index is 334. The van der Waals surface area contributed by atoms with Crippen molar-refractivity contribution in [3.63, 3.8) is 0 Å². The number of carboxylic acid groups (broad SMARTS) is 1. The van der Waals surface area contributed by atoms with Crippen molar-refractivity contribution in [3.05, 3.63) is 22.9 Å². The molecule has 0 aliphatic rings. The molecule has 0 saturated heterocycles. The summed E-state index contributed by atoms with van der Waals surface area (Å²) in [6, 6.07) is 0. The van der Waals surface area contributed by atoms with Crippen LogP contribution in [0.25, 0.3) is 0 Å². The fourth-order valence-corrected chi connectivity index (χ4v) is 0.987. The summed E-state index contributed by atoms with van der Waals surface area (Å²) in [4.78, 5) is 14.4. The molecule has 4 nitrogen and oxygen atoms in total. The highest BCUT2D eigenvalue weighted by atomic mass is 16.4. The van der Waals surface area contributed by atoms with E-state index >= 15 is 0 Å². The van der Waals surface area contributed by atoms with Crippen LogP contribution in [0.4, 0.5) is 5.82 Å². The fraction of sp³-hybridized carbons (Fsp3) is 0.250. The number of nitrogens with zero attached hydrogens (tertiary/aromatic N) is 1. The predicted octanol–water partition coefficient (Wildman–Crippen LogP) is 0.979. The van der Waals surface area contributed by atoms with E-state index in [9.17, 15) is 4.79 Å². The average Bonchev–Trinajstić information content (AvgIpc) is 1.97.